The molecule has 0 N–H and O–H groups in total. The molecule has 1 heterocycles. The summed E-state index contributed by atoms with van der Waals surface area (Å²) in [5.74, 6) is 0.926. The van der Waals surface area contributed by atoms with Gasteiger partial charge in [-0.05, 0) is 0 Å². The van der Waals surface area contributed by atoms with Crippen molar-refractivity contribution in [2.75, 3.05) is 0 Å². The number of hydrogen-bond acceptors (Lipinski definition) is 2. The molecule has 4 aromatic carbocycles. The average molecular weight is 501 g/mol. The van der Waals surface area contributed by atoms with E-state index in [2.05, 4.69) is 78.9 Å². The maximum absolute atomic E-state index is 6.55. The quantitative estimate of drug-likeness (QED) is 0.319. The average Bonchev–Trinajstić information content (AvgIpc) is 2.82. The Balaban J connectivity index is 1.82. The molecule has 1 aromatic heterocycles. The molecule has 5 aromatic rings. The predicted molar refractivity (Wildman–Crippen MR) is 125 cm³/mol. The molecule has 0 unspecified atom stereocenters. The van der Waals surface area contributed by atoms with E-state index in [1.165, 1.54) is 12.6 Å². The first-order chi connectivity index (χ1) is 14.9. The van der Waals surface area contributed by atoms with Crippen LogP contribution in [0, 0.1) is 0 Å². The van der Waals surface area contributed by atoms with E-state index in [0.717, 1.165) is 22.4 Å². The van der Waals surface area contributed by atoms with Crippen LogP contribution in [0.5, 0.6) is 0 Å². The van der Waals surface area contributed by atoms with Gasteiger partial charge in [0.25, 0.3) is 0 Å². The second kappa shape index (κ2) is 8.71. The third-order valence-electron chi connectivity index (χ3n) is 4.79. The fourth-order valence-corrected chi connectivity index (χ4v) is 6.43. The molecule has 0 saturated carbocycles. The van der Waals surface area contributed by atoms with Crippen LogP contribution in [0.1, 0.15) is 0 Å². The van der Waals surface area contributed by atoms with Crippen molar-refractivity contribution < 1.29 is 4.42 Å². The molecule has 0 aliphatic carbocycles. The first-order valence-electron chi connectivity index (χ1n) is 9.82. The van der Waals surface area contributed by atoms with Gasteiger partial charge in [-0.1, -0.05) is 0 Å². The topological polar surface area (TPSA) is 25.5 Å². The summed E-state index contributed by atoms with van der Waals surface area (Å²) in [4.78, 5) is 4.85. The van der Waals surface area contributed by atoms with Crippen LogP contribution < -0.4 is 12.8 Å². The zero-order valence-electron chi connectivity index (χ0n) is 16.2. The van der Waals surface area contributed by atoms with Gasteiger partial charge in [0.1, 0.15) is 0 Å². The van der Waals surface area contributed by atoms with Crippen molar-refractivity contribution in [1.82, 2.24) is 0 Å². The molecule has 0 fully saturated rings. The molecule has 0 saturated heterocycles. The van der Waals surface area contributed by atoms with E-state index in [0.29, 0.717) is 5.55 Å². The molecule has 0 amide bonds. The maximum atomic E-state index is 6.55. The fraction of sp³-hybridized carbons (Fsp3) is 0. The number of fused-ring (bicyclic) bond motifs is 1. The number of nitrogens with zero attached hydrogens (tertiary/aromatic N) is 1. The normalized spacial score (nSPS) is 11.7. The van der Waals surface area contributed by atoms with Crippen molar-refractivity contribution in [1.29, 1.82) is 0 Å². The van der Waals surface area contributed by atoms with Gasteiger partial charge in [-0.15, -0.1) is 0 Å². The van der Waals surface area contributed by atoms with Crippen LogP contribution in [0.2, 0.25) is 0 Å². The second-order valence-corrected chi connectivity index (χ2v) is 9.93. The minimum absolute atomic E-state index is 0.652. The number of para-hydroxylation sites is 1. The van der Waals surface area contributed by atoms with E-state index in [4.69, 9.17) is 9.41 Å². The standard InChI is InChI=1S/C27H19NOTe/c1-4-12-20(13-5-1)25-26(30-22-16-8-3-9-17-22)23-18-10-11-19-24(23)27(29-25)28-21-14-6-2-7-15-21/h1-19H. The van der Waals surface area contributed by atoms with Gasteiger partial charge in [0.05, 0.1) is 0 Å². The van der Waals surface area contributed by atoms with Crippen molar-refractivity contribution in [2.45, 2.75) is 0 Å². The summed E-state index contributed by atoms with van der Waals surface area (Å²) < 4.78 is 9.24. The Morgan fingerprint density at radius 2 is 1.13 bits per heavy atom. The molecule has 5 rings (SSSR count). The summed E-state index contributed by atoms with van der Waals surface area (Å²) in [6.45, 7) is 0. The van der Waals surface area contributed by atoms with E-state index >= 15 is 0 Å². The number of rotatable bonds is 4. The van der Waals surface area contributed by atoms with Crippen molar-refractivity contribution in [3.05, 3.63) is 121 Å². The number of benzene rings is 4. The van der Waals surface area contributed by atoms with E-state index in [-0.39, 0.29) is 0 Å². The summed E-state index contributed by atoms with van der Waals surface area (Å²) in [5, 5.41) is 2.28. The molecular formula is C27H19NOTe. The van der Waals surface area contributed by atoms with Crippen LogP contribution in [0.25, 0.3) is 22.1 Å². The summed E-state index contributed by atoms with van der Waals surface area (Å²) in [7, 11) is 0. The molecule has 3 heteroatoms. The molecule has 144 valence electrons. The Labute approximate surface area is 185 Å². The zero-order chi connectivity index (χ0) is 20.2. The molecule has 30 heavy (non-hydrogen) atoms. The van der Waals surface area contributed by atoms with Gasteiger partial charge >= 0.3 is 186 Å². The van der Waals surface area contributed by atoms with Gasteiger partial charge < -0.3 is 0 Å². The molecule has 0 aliphatic rings. The van der Waals surface area contributed by atoms with Gasteiger partial charge in [-0.2, -0.15) is 0 Å². The summed E-state index contributed by atoms with van der Waals surface area (Å²) >= 11 is -0.652. The van der Waals surface area contributed by atoms with Crippen molar-refractivity contribution >= 4 is 44.6 Å². The monoisotopic (exact) mass is 503 g/mol. The molecule has 0 spiro atoms. The Bertz CT molecular complexity index is 1340. The van der Waals surface area contributed by atoms with E-state index < -0.39 is 20.9 Å². The second-order valence-electron chi connectivity index (χ2n) is 6.84. The van der Waals surface area contributed by atoms with Gasteiger partial charge in [0.15, 0.2) is 0 Å². The van der Waals surface area contributed by atoms with Crippen LogP contribution in [0.3, 0.4) is 0 Å². The SMILES string of the molecule is c1ccc(N=c2oc(-c3ccccc3)c([Te]c3ccccc3)c3ccccc23)cc1. The van der Waals surface area contributed by atoms with E-state index in [1.807, 2.05) is 36.4 Å². The van der Waals surface area contributed by atoms with Crippen LogP contribution in [0.4, 0.5) is 5.69 Å². The zero-order valence-corrected chi connectivity index (χ0v) is 18.6. The predicted octanol–water partition coefficient (Wildman–Crippen LogP) is 4.99. The van der Waals surface area contributed by atoms with Crippen LogP contribution in [-0.4, -0.2) is 20.9 Å². The van der Waals surface area contributed by atoms with Crippen molar-refractivity contribution in [2.24, 2.45) is 4.99 Å². The van der Waals surface area contributed by atoms with E-state index in [1.54, 1.807) is 0 Å². The number of hydrogen-bond donors (Lipinski definition) is 0. The Morgan fingerprint density at radius 1 is 0.567 bits per heavy atom. The van der Waals surface area contributed by atoms with Crippen molar-refractivity contribution in [3.63, 3.8) is 0 Å². The summed E-state index contributed by atoms with van der Waals surface area (Å²) in [6.07, 6.45) is 0. The first kappa shape index (κ1) is 18.9. The van der Waals surface area contributed by atoms with Gasteiger partial charge in [0, 0.05) is 0 Å². The first-order valence-corrected chi connectivity index (χ1v) is 12.2. The third kappa shape index (κ3) is 3.96. The Morgan fingerprint density at radius 3 is 1.83 bits per heavy atom. The van der Waals surface area contributed by atoms with Crippen LogP contribution in [0.15, 0.2) is 125 Å². The van der Waals surface area contributed by atoms with Gasteiger partial charge in [-0.25, -0.2) is 0 Å². The molecular weight excluding hydrogens is 482 g/mol. The molecule has 0 atom stereocenters. The molecule has 0 radical (unpaired) electrons. The minimum atomic E-state index is -0.652. The summed E-state index contributed by atoms with van der Waals surface area (Å²) in [6, 6.07) is 39.5. The molecule has 2 nitrogen and oxygen atoms in total. The molecule has 0 bridgehead atoms. The van der Waals surface area contributed by atoms with Crippen LogP contribution in [-0.2, 0) is 0 Å². The Hall–Kier alpha value is -3.12. The van der Waals surface area contributed by atoms with Crippen LogP contribution >= 0.6 is 0 Å². The Kier molecular flexibility index (Phi) is 5.48. The summed E-state index contributed by atoms with van der Waals surface area (Å²) in [5.41, 5.74) is 2.63. The van der Waals surface area contributed by atoms with E-state index in [9.17, 15) is 0 Å². The van der Waals surface area contributed by atoms with Gasteiger partial charge in [0.2, 0.25) is 0 Å². The molecule has 0 aliphatic heterocycles. The fourth-order valence-electron chi connectivity index (χ4n) is 3.38. The van der Waals surface area contributed by atoms with Gasteiger partial charge in [-0.3, -0.25) is 0 Å². The third-order valence-corrected chi connectivity index (χ3v) is 7.98. The van der Waals surface area contributed by atoms with Crippen molar-refractivity contribution in [3.8, 4) is 11.3 Å².